The van der Waals surface area contributed by atoms with E-state index in [0.717, 1.165) is 30.5 Å². The van der Waals surface area contributed by atoms with Gasteiger partial charge in [0.15, 0.2) is 17.4 Å². The third kappa shape index (κ3) is 3.81. The number of hydrogen-bond acceptors (Lipinski definition) is 3. The Morgan fingerprint density at radius 2 is 1.89 bits per heavy atom. The molecular formula is C22H24F2O4. The Kier molecular flexibility index (Phi) is 5.08. The van der Waals surface area contributed by atoms with Crippen LogP contribution < -0.4 is 9.47 Å². The van der Waals surface area contributed by atoms with Gasteiger partial charge in [0.2, 0.25) is 0 Å². The minimum absolute atomic E-state index is 0.0320. The number of para-hydroxylation sites is 1. The Morgan fingerprint density at radius 1 is 1.25 bits per heavy atom. The molecule has 0 aliphatic carbocycles. The summed E-state index contributed by atoms with van der Waals surface area (Å²) in [4.78, 5) is 11.3. The molecule has 0 amide bonds. The third-order valence-corrected chi connectivity index (χ3v) is 5.18. The smallest absolute Gasteiger partial charge is 0.313 e. The van der Waals surface area contributed by atoms with Crippen molar-refractivity contribution < 1.29 is 28.2 Å². The van der Waals surface area contributed by atoms with Gasteiger partial charge in [-0.15, -0.1) is 0 Å². The van der Waals surface area contributed by atoms with Crippen molar-refractivity contribution >= 4 is 5.97 Å². The van der Waals surface area contributed by atoms with E-state index in [4.69, 9.17) is 9.47 Å². The summed E-state index contributed by atoms with van der Waals surface area (Å²) in [7, 11) is 0. The van der Waals surface area contributed by atoms with Crippen molar-refractivity contribution in [1.29, 1.82) is 0 Å². The molecular weight excluding hydrogens is 366 g/mol. The molecule has 1 aliphatic rings. The number of carboxylic acids is 1. The molecule has 0 bridgehead atoms. The first-order valence-corrected chi connectivity index (χ1v) is 9.17. The third-order valence-electron chi connectivity index (χ3n) is 5.18. The van der Waals surface area contributed by atoms with Crippen LogP contribution in [0.1, 0.15) is 50.8 Å². The quantitative estimate of drug-likeness (QED) is 0.780. The molecule has 0 radical (unpaired) electrons. The van der Waals surface area contributed by atoms with Gasteiger partial charge in [0.1, 0.15) is 18.0 Å². The van der Waals surface area contributed by atoms with Gasteiger partial charge in [-0.2, -0.15) is 0 Å². The standard InChI is InChI=1S/C22H24F2O4/c1-21(2)9-8-13-6-5-7-14(18(13)28-21)12-27-19-16(23)10-15(11-17(19)24)22(3,4)20(25)26/h5-7,10-11H,8-9,12H2,1-4H3,(H,25,26). The van der Waals surface area contributed by atoms with Gasteiger partial charge in [-0.05, 0) is 63.8 Å². The predicted molar refractivity (Wildman–Crippen MR) is 101 cm³/mol. The monoisotopic (exact) mass is 390 g/mol. The molecule has 0 atom stereocenters. The Hall–Kier alpha value is -2.63. The zero-order valence-corrected chi connectivity index (χ0v) is 16.4. The number of halogens is 2. The highest BCUT2D eigenvalue weighted by molar-refractivity contribution is 5.80. The molecule has 0 aromatic heterocycles. The molecule has 0 saturated carbocycles. The molecule has 1 heterocycles. The van der Waals surface area contributed by atoms with E-state index in [9.17, 15) is 18.7 Å². The maximum atomic E-state index is 14.5. The second kappa shape index (κ2) is 7.08. The first-order chi connectivity index (χ1) is 13.0. The number of fused-ring (bicyclic) bond motifs is 1. The van der Waals surface area contributed by atoms with Crippen LogP contribution in [-0.4, -0.2) is 16.7 Å². The summed E-state index contributed by atoms with van der Waals surface area (Å²) in [5.41, 5.74) is 0.0467. The summed E-state index contributed by atoms with van der Waals surface area (Å²) in [6.07, 6.45) is 1.74. The second-order valence-electron chi connectivity index (χ2n) is 8.25. The van der Waals surface area contributed by atoms with Gasteiger partial charge in [0.05, 0.1) is 5.41 Å². The van der Waals surface area contributed by atoms with Crippen molar-refractivity contribution in [3.63, 3.8) is 0 Å². The van der Waals surface area contributed by atoms with Crippen LogP contribution >= 0.6 is 0 Å². The van der Waals surface area contributed by atoms with Crippen LogP contribution in [0, 0.1) is 11.6 Å². The molecule has 0 saturated heterocycles. The van der Waals surface area contributed by atoms with E-state index < -0.39 is 28.8 Å². The summed E-state index contributed by atoms with van der Waals surface area (Å²) < 4.78 is 40.5. The molecule has 0 unspecified atom stereocenters. The average Bonchev–Trinajstić information content (AvgIpc) is 2.60. The largest absolute Gasteiger partial charge is 0.487 e. The first kappa shape index (κ1) is 20.1. The number of carboxylic acid groups (broad SMARTS) is 1. The summed E-state index contributed by atoms with van der Waals surface area (Å²) in [6, 6.07) is 7.65. The molecule has 6 heteroatoms. The molecule has 28 heavy (non-hydrogen) atoms. The zero-order valence-electron chi connectivity index (χ0n) is 16.4. The van der Waals surface area contributed by atoms with Crippen LogP contribution in [0.25, 0.3) is 0 Å². The molecule has 150 valence electrons. The number of carbonyl (C=O) groups is 1. The van der Waals surface area contributed by atoms with Gasteiger partial charge in [0.25, 0.3) is 0 Å². The van der Waals surface area contributed by atoms with E-state index in [1.165, 1.54) is 13.8 Å². The number of aryl methyl sites for hydroxylation is 1. The lowest BCUT2D eigenvalue weighted by Crippen LogP contribution is -2.33. The highest BCUT2D eigenvalue weighted by Gasteiger charge is 2.32. The Morgan fingerprint density at radius 3 is 2.50 bits per heavy atom. The van der Waals surface area contributed by atoms with Crippen molar-refractivity contribution in [1.82, 2.24) is 0 Å². The van der Waals surface area contributed by atoms with E-state index in [-0.39, 0.29) is 17.8 Å². The molecule has 1 aliphatic heterocycles. The zero-order chi connectivity index (χ0) is 20.7. The van der Waals surface area contributed by atoms with Crippen LogP contribution in [0.15, 0.2) is 30.3 Å². The Bertz CT molecular complexity index is 896. The molecule has 4 nitrogen and oxygen atoms in total. The fourth-order valence-electron chi connectivity index (χ4n) is 3.17. The average molecular weight is 390 g/mol. The van der Waals surface area contributed by atoms with E-state index in [1.54, 1.807) is 6.07 Å². The van der Waals surface area contributed by atoms with E-state index in [2.05, 4.69) is 0 Å². The lowest BCUT2D eigenvalue weighted by Gasteiger charge is -2.33. The molecule has 3 rings (SSSR count). The Labute approximate surface area is 163 Å². The van der Waals surface area contributed by atoms with Crippen LogP contribution in [0.2, 0.25) is 0 Å². The number of aliphatic carboxylic acids is 1. The van der Waals surface area contributed by atoms with E-state index in [1.807, 2.05) is 26.0 Å². The summed E-state index contributed by atoms with van der Waals surface area (Å²) in [5.74, 6) is -2.87. The fourth-order valence-corrected chi connectivity index (χ4v) is 3.17. The van der Waals surface area contributed by atoms with Crippen molar-refractivity contribution in [2.45, 2.75) is 58.2 Å². The Balaban J connectivity index is 1.86. The minimum atomic E-state index is -1.42. The summed E-state index contributed by atoms with van der Waals surface area (Å²) in [6.45, 7) is 6.71. The van der Waals surface area contributed by atoms with Gasteiger partial charge in [-0.25, -0.2) is 8.78 Å². The highest BCUT2D eigenvalue weighted by atomic mass is 19.1. The van der Waals surface area contributed by atoms with Crippen molar-refractivity contribution in [3.8, 4) is 11.5 Å². The highest BCUT2D eigenvalue weighted by Crippen LogP contribution is 2.37. The van der Waals surface area contributed by atoms with Crippen LogP contribution in [0.5, 0.6) is 11.5 Å². The maximum absolute atomic E-state index is 14.5. The molecule has 0 fully saturated rings. The van der Waals surface area contributed by atoms with Gasteiger partial charge in [-0.3, -0.25) is 4.79 Å². The number of hydrogen-bond donors (Lipinski definition) is 1. The molecule has 1 N–H and O–H groups in total. The van der Waals surface area contributed by atoms with Gasteiger partial charge >= 0.3 is 5.97 Å². The molecule has 0 spiro atoms. The van der Waals surface area contributed by atoms with Gasteiger partial charge in [0, 0.05) is 5.56 Å². The van der Waals surface area contributed by atoms with Gasteiger partial charge in [-0.1, -0.05) is 18.2 Å². The number of rotatable bonds is 5. The van der Waals surface area contributed by atoms with Crippen LogP contribution in [-0.2, 0) is 23.2 Å². The van der Waals surface area contributed by atoms with Crippen LogP contribution in [0.4, 0.5) is 8.78 Å². The van der Waals surface area contributed by atoms with E-state index >= 15 is 0 Å². The lowest BCUT2D eigenvalue weighted by atomic mass is 9.84. The van der Waals surface area contributed by atoms with E-state index in [0.29, 0.717) is 11.3 Å². The topological polar surface area (TPSA) is 55.8 Å². The normalized spacial score (nSPS) is 15.5. The number of ether oxygens (including phenoxy) is 2. The lowest BCUT2D eigenvalue weighted by molar-refractivity contribution is -0.142. The first-order valence-electron chi connectivity index (χ1n) is 9.17. The van der Waals surface area contributed by atoms with Crippen molar-refractivity contribution in [3.05, 3.63) is 58.7 Å². The number of benzene rings is 2. The minimum Gasteiger partial charge on any atom is -0.487 e. The summed E-state index contributed by atoms with van der Waals surface area (Å²) >= 11 is 0. The summed E-state index contributed by atoms with van der Waals surface area (Å²) in [5, 5.41) is 9.26. The van der Waals surface area contributed by atoms with Crippen LogP contribution in [0.3, 0.4) is 0 Å². The van der Waals surface area contributed by atoms with Crippen molar-refractivity contribution in [2.75, 3.05) is 0 Å². The fraction of sp³-hybridized carbons (Fsp3) is 0.409. The SMILES string of the molecule is CC1(C)CCc2cccc(COc3c(F)cc(C(C)(C)C(=O)O)cc3F)c2O1. The van der Waals surface area contributed by atoms with Gasteiger partial charge < -0.3 is 14.6 Å². The molecule has 2 aromatic rings. The predicted octanol–water partition coefficient (Wildman–Crippen LogP) is 5.01. The molecule has 2 aromatic carbocycles. The van der Waals surface area contributed by atoms with Crippen molar-refractivity contribution in [2.24, 2.45) is 0 Å². The maximum Gasteiger partial charge on any atom is 0.313 e. The second-order valence-corrected chi connectivity index (χ2v) is 8.25.